The summed E-state index contributed by atoms with van der Waals surface area (Å²) in [6, 6.07) is 2.42. The maximum atomic E-state index is 13.7. The summed E-state index contributed by atoms with van der Waals surface area (Å²) in [6.07, 6.45) is -4.68. The summed E-state index contributed by atoms with van der Waals surface area (Å²) in [5.74, 6) is 4.41. The normalized spacial score (nSPS) is 11.9. The van der Waals surface area contributed by atoms with Gasteiger partial charge in [-0.1, -0.05) is 15.9 Å². The van der Waals surface area contributed by atoms with Crippen LogP contribution in [0.4, 0.5) is 23.2 Å². The molecule has 19 heavy (non-hydrogen) atoms. The van der Waals surface area contributed by atoms with E-state index in [0.29, 0.717) is 4.47 Å². The van der Waals surface area contributed by atoms with Crippen molar-refractivity contribution in [2.75, 3.05) is 5.43 Å². The minimum absolute atomic E-state index is 0.0105. The molecule has 0 aliphatic rings. The molecule has 0 spiro atoms. The zero-order valence-electron chi connectivity index (χ0n) is 9.57. The summed E-state index contributed by atoms with van der Waals surface area (Å²) in [7, 11) is 0. The standard InChI is InChI=1S/C11H8BrF4N3/c1-4-8(19-17)7-5(12)2-3-6(13)9(7)18-10(4)11(14,15)16/h2-3H,17H2,1H3,(H,18,19). The first-order chi connectivity index (χ1) is 8.77. The molecule has 0 saturated carbocycles. The predicted octanol–water partition coefficient (Wildman–Crippen LogP) is 3.75. The number of aromatic nitrogens is 1. The molecule has 3 N–H and O–H groups in total. The molecule has 0 radical (unpaired) electrons. The average Bonchev–Trinajstić information content (AvgIpc) is 2.32. The second kappa shape index (κ2) is 4.61. The van der Waals surface area contributed by atoms with E-state index in [4.69, 9.17) is 5.84 Å². The Labute approximate surface area is 113 Å². The van der Waals surface area contributed by atoms with Crippen molar-refractivity contribution in [1.82, 2.24) is 4.98 Å². The number of pyridine rings is 1. The smallest absolute Gasteiger partial charge is 0.323 e. The molecule has 0 saturated heterocycles. The van der Waals surface area contributed by atoms with Gasteiger partial charge in [0.1, 0.15) is 17.0 Å². The second-order valence-electron chi connectivity index (χ2n) is 3.86. The van der Waals surface area contributed by atoms with Crippen LogP contribution in [0, 0.1) is 12.7 Å². The van der Waals surface area contributed by atoms with Crippen LogP contribution in [0.5, 0.6) is 0 Å². The van der Waals surface area contributed by atoms with E-state index in [1.165, 1.54) is 13.0 Å². The lowest BCUT2D eigenvalue weighted by Gasteiger charge is -2.16. The topological polar surface area (TPSA) is 50.9 Å². The summed E-state index contributed by atoms with van der Waals surface area (Å²) in [5.41, 5.74) is 0.435. The lowest BCUT2D eigenvalue weighted by molar-refractivity contribution is -0.141. The lowest BCUT2D eigenvalue weighted by atomic mass is 10.1. The Morgan fingerprint density at radius 1 is 1.32 bits per heavy atom. The van der Waals surface area contributed by atoms with Crippen molar-refractivity contribution in [2.24, 2.45) is 5.84 Å². The Morgan fingerprint density at radius 3 is 2.47 bits per heavy atom. The van der Waals surface area contributed by atoms with E-state index in [1.54, 1.807) is 0 Å². The van der Waals surface area contributed by atoms with Crippen molar-refractivity contribution in [2.45, 2.75) is 13.1 Å². The quantitative estimate of drug-likeness (QED) is 0.473. The monoisotopic (exact) mass is 337 g/mol. The van der Waals surface area contributed by atoms with Gasteiger partial charge in [0.25, 0.3) is 0 Å². The van der Waals surface area contributed by atoms with E-state index >= 15 is 0 Å². The number of benzene rings is 1. The molecule has 3 nitrogen and oxygen atoms in total. The number of nitrogens with one attached hydrogen (secondary N) is 1. The molecular formula is C11H8BrF4N3. The third-order valence-corrected chi connectivity index (χ3v) is 3.36. The fraction of sp³-hybridized carbons (Fsp3) is 0.182. The molecule has 0 bridgehead atoms. The summed E-state index contributed by atoms with van der Waals surface area (Å²) in [4.78, 5) is 3.39. The van der Waals surface area contributed by atoms with E-state index in [1.807, 2.05) is 0 Å². The Hall–Kier alpha value is -1.41. The van der Waals surface area contributed by atoms with Crippen LogP contribution in [0.25, 0.3) is 10.9 Å². The zero-order chi connectivity index (χ0) is 14.4. The van der Waals surface area contributed by atoms with Crippen LogP contribution in [0.15, 0.2) is 16.6 Å². The summed E-state index contributed by atoms with van der Waals surface area (Å²) >= 11 is 3.15. The molecule has 0 unspecified atom stereocenters. The summed E-state index contributed by atoms with van der Waals surface area (Å²) in [5, 5.41) is 0.174. The highest BCUT2D eigenvalue weighted by Crippen LogP contribution is 2.39. The molecule has 2 rings (SSSR count). The number of hydrazine groups is 1. The molecule has 2 aromatic rings. The van der Waals surface area contributed by atoms with Gasteiger partial charge in [0.2, 0.25) is 0 Å². The van der Waals surface area contributed by atoms with Crippen LogP contribution < -0.4 is 11.3 Å². The maximum absolute atomic E-state index is 13.7. The molecule has 8 heteroatoms. The van der Waals surface area contributed by atoms with E-state index in [-0.39, 0.29) is 22.2 Å². The van der Waals surface area contributed by atoms with Gasteiger partial charge in [0.05, 0.1) is 5.69 Å². The number of hydrogen-bond acceptors (Lipinski definition) is 3. The largest absolute Gasteiger partial charge is 0.433 e. The van der Waals surface area contributed by atoms with Crippen LogP contribution >= 0.6 is 15.9 Å². The van der Waals surface area contributed by atoms with Crippen molar-refractivity contribution in [3.8, 4) is 0 Å². The highest BCUT2D eigenvalue weighted by atomic mass is 79.9. The molecule has 0 aliphatic carbocycles. The molecule has 1 aromatic heterocycles. The van der Waals surface area contributed by atoms with E-state index in [9.17, 15) is 17.6 Å². The number of hydrogen-bond donors (Lipinski definition) is 2. The summed E-state index contributed by atoms with van der Waals surface area (Å²) < 4.78 is 52.6. The molecule has 0 amide bonds. The Balaban J connectivity index is 2.99. The highest BCUT2D eigenvalue weighted by molar-refractivity contribution is 9.10. The maximum Gasteiger partial charge on any atom is 0.433 e. The number of nitrogens with zero attached hydrogens (tertiary/aromatic N) is 1. The molecule has 1 heterocycles. The highest BCUT2D eigenvalue weighted by Gasteiger charge is 2.36. The minimum Gasteiger partial charge on any atom is -0.323 e. The predicted molar refractivity (Wildman–Crippen MR) is 67.0 cm³/mol. The fourth-order valence-electron chi connectivity index (χ4n) is 1.85. The number of fused-ring (bicyclic) bond motifs is 1. The first kappa shape index (κ1) is 14.0. The third kappa shape index (κ3) is 2.25. The first-order valence-electron chi connectivity index (χ1n) is 5.09. The molecule has 0 aliphatic heterocycles. The second-order valence-corrected chi connectivity index (χ2v) is 4.71. The Kier molecular flexibility index (Phi) is 3.40. The van der Waals surface area contributed by atoms with Gasteiger partial charge in [-0.25, -0.2) is 9.37 Å². The number of anilines is 1. The molecular weight excluding hydrogens is 330 g/mol. The van der Waals surface area contributed by atoms with E-state index in [2.05, 4.69) is 26.3 Å². The molecule has 102 valence electrons. The number of nitrogens with two attached hydrogens (primary N) is 1. The van der Waals surface area contributed by atoms with Gasteiger partial charge in [-0.2, -0.15) is 13.2 Å². The van der Waals surface area contributed by atoms with Crippen molar-refractivity contribution < 1.29 is 17.6 Å². The van der Waals surface area contributed by atoms with Gasteiger partial charge in [0, 0.05) is 15.4 Å². The fourth-order valence-corrected chi connectivity index (χ4v) is 2.36. The minimum atomic E-state index is -4.68. The van der Waals surface area contributed by atoms with Gasteiger partial charge in [-0.15, -0.1) is 0 Å². The number of alkyl halides is 3. The summed E-state index contributed by atoms with van der Waals surface area (Å²) in [6.45, 7) is 1.22. The number of halogens is 5. The van der Waals surface area contributed by atoms with Crippen LogP contribution in [0.2, 0.25) is 0 Å². The first-order valence-corrected chi connectivity index (χ1v) is 5.88. The van der Waals surface area contributed by atoms with Gasteiger partial charge < -0.3 is 5.43 Å². The van der Waals surface area contributed by atoms with Crippen molar-refractivity contribution in [3.63, 3.8) is 0 Å². The molecule has 1 aromatic carbocycles. The van der Waals surface area contributed by atoms with Crippen LogP contribution in [-0.2, 0) is 6.18 Å². The van der Waals surface area contributed by atoms with Crippen LogP contribution in [0.3, 0.4) is 0 Å². The van der Waals surface area contributed by atoms with Gasteiger partial charge in [-0.05, 0) is 19.1 Å². The Bertz CT molecular complexity index is 655. The van der Waals surface area contributed by atoms with Gasteiger partial charge in [0.15, 0.2) is 0 Å². The van der Waals surface area contributed by atoms with Gasteiger partial charge >= 0.3 is 6.18 Å². The number of nitrogen functional groups attached to an aromatic ring is 1. The zero-order valence-corrected chi connectivity index (χ0v) is 11.2. The van der Waals surface area contributed by atoms with Crippen LogP contribution in [0.1, 0.15) is 11.3 Å². The third-order valence-electron chi connectivity index (χ3n) is 2.69. The van der Waals surface area contributed by atoms with E-state index in [0.717, 1.165) is 6.07 Å². The molecule has 0 fully saturated rings. The van der Waals surface area contributed by atoms with Crippen molar-refractivity contribution >= 4 is 32.5 Å². The average molecular weight is 338 g/mol. The van der Waals surface area contributed by atoms with Gasteiger partial charge in [-0.3, -0.25) is 5.84 Å². The van der Waals surface area contributed by atoms with E-state index < -0.39 is 17.7 Å². The van der Waals surface area contributed by atoms with Crippen molar-refractivity contribution in [1.29, 1.82) is 0 Å². The van der Waals surface area contributed by atoms with Crippen molar-refractivity contribution in [3.05, 3.63) is 33.7 Å². The number of rotatable bonds is 1. The van der Waals surface area contributed by atoms with Crippen LogP contribution in [-0.4, -0.2) is 4.98 Å². The lowest BCUT2D eigenvalue weighted by Crippen LogP contribution is -2.16. The SMILES string of the molecule is Cc1c(C(F)(F)F)nc2c(F)ccc(Br)c2c1NN. The molecule has 0 atom stereocenters. The Morgan fingerprint density at radius 2 is 1.95 bits per heavy atom.